The summed E-state index contributed by atoms with van der Waals surface area (Å²) in [5, 5.41) is 2.78. The maximum Gasteiger partial charge on any atom is 0.340 e. The minimum atomic E-state index is -0.511. The van der Waals surface area contributed by atoms with E-state index in [1.54, 1.807) is 54.6 Å². The van der Waals surface area contributed by atoms with Gasteiger partial charge in [-0.3, -0.25) is 9.59 Å². The number of amides is 1. The summed E-state index contributed by atoms with van der Waals surface area (Å²) in [5.41, 5.74) is 3.80. The summed E-state index contributed by atoms with van der Waals surface area (Å²) in [4.78, 5) is 36.9. The molecule has 0 saturated heterocycles. The highest BCUT2D eigenvalue weighted by Gasteiger charge is 2.18. The summed E-state index contributed by atoms with van der Waals surface area (Å²) in [6, 6.07) is 17.1. The first-order valence-electron chi connectivity index (χ1n) is 9.74. The number of Topliss-reactive ketones (excluding diaryl/α,β-unsaturated/α-hetero) is 1. The second kappa shape index (κ2) is 9.22. The van der Waals surface area contributed by atoms with Crippen molar-refractivity contribution in [3.05, 3.63) is 88.7 Å². The van der Waals surface area contributed by atoms with Crippen molar-refractivity contribution in [2.24, 2.45) is 0 Å². The number of rotatable bonds is 7. The Labute approximate surface area is 175 Å². The third-order valence-electron chi connectivity index (χ3n) is 4.94. The van der Waals surface area contributed by atoms with Gasteiger partial charge in [0.05, 0.1) is 5.56 Å². The summed E-state index contributed by atoms with van der Waals surface area (Å²) in [6.07, 6.45) is 0. The average molecular weight is 404 g/mol. The van der Waals surface area contributed by atoms with Gasteiger partial charge in [-0.2, -0.15) is 0 Å². The molecule has 0 fully saturated rings. The van der Waals surface area contributed by atoms with Gasteiger partial charge in [-0.05, 0) is 63.2 Å². The van der Waals surface area contributed by atoms with Gasteiger partial charge in [-0.15, -0.1) is 0 Å². The van der Waals surface area contributed by atoms with Crippen LogP contribution in [0.1, 0.15) is 49.4 Å². The van der Waals surface area contributed by atoms with Crippen LogP contribution in [-0.2, 0) is 11.3 Å². The van der Waals surface area contributed by atoms with Crippen molar-refractivity contribution in [2.45, 2.75) is 27.3 Å². The molecule has 3 rings (SSSR count). The van der Waals surface area contributed by atoms with Crippen molar-refractivity contribution in [1.29, 1.82) is 0 Å². The molecule has 0 bridgehead atoms. The van der Waals surface area contributed by atoms with E-state index < -0.39 is 5.97 Å². The van der Waals surface area contributed by atoms with Gasteiger partial charge in [0.15, 0.2) is 12.4 Å². The number of hydrogen-bond acceptors (Lipinski definition) is 4. The van der Waals surface area contributed by atoms with Crippen LogP contribution in [0.25, 0.3) is 0 Å². The molecule has 0 aliphatic rings. The highest BCUT2D eigenvalue weighted by molar-refractivity contribution is 6.05. The molecular weight excluding hydrogens is 380 g/mol. The van der Waals surface area contributed by atoms with Gasteiger partial charge >= 0.3 is 5.97 Å². The zero-order valence-electron chi connectivity index (χ0n) is 17.3. The largest absolute Gasteiger partial charge is 0.454 e. The van der Waals surface area contributed by atoms with Gasteiger partial charge in [0.25, 0.3) is 5.91 Å². The first-order valence-corrected chi connectivity index (χ1v) is 9.74. The predicted molar refractivity (Wildman–Crippen MR) is 115 cm³/mol. The summed E-state index contributed by atoms with van der Waals surface area (Å²) in [5.74, 6) is -1.05. The second-order valence-electron chi connectivity index (χ2n) is 6.93. The standard InChI is InChI=1S/C24H24N2O4/c1-4-26-16(2)14-21(17(26)3)24(29)30-15-22(27)18-10-12-20(13-11-18)25-23(28)19-8-6-5-7-9-19/h5-14H,4,15H2,1-3H3,(H,25,28). The number of hydrogen-bond donors (Lipinski definition) is 1. The number of nitrogens with one attached hydrogen (secondary N) is 1. The van der Waals surface area contributed by atoms with E-state index in [1.165, 1.54) is 0 Å². The molecule has 3 aromatic rings. The minimum absolute atomic E-state index is 0.228. The van der Waals surface area contributed by atoms with Gasteiger partial charge < -0.3 is 14.6 Å². The van der Waals surface area contributed by atoms with Crippen LogP contribution in [0.4, 0.5) is 5.69 Å². The molecule has 1 heterocycles. The molecule has 1 aromatic heterocycles. The Kier molecular flexibility index (Phi) is 6.47. The Bertz CT molecular complexity index is 1070. The molecule has 2 aromatic carbocycles. The summed E-state index contributed by atoms with van der Waals surface area (Å²) in [7, 11) is 0. The van der Waals surface area contributed by atoms with E-state index in [-0.39, 0.29) is 18.3 Å². The van der Waals surface area contributed by atoms with E-state index in [2.05, 4.69) is 5.32 Å². The second-order valence-corrected chi connectivity index (χ2v) is 6.93. The molecule has 30 heavy (non-hydrogen) atoms. The minimum Gasteiger partial charge on any atom is -0.454 e. The van der Waals surface area contributed by atoms with Crippen LogP contribution in [-0.4, -0.2) is 28.8 Å². The highest BCUT2D eigenvalue weighted by Crippen LogP contribution is 2.17. The third kappa shape index (κ3) is 4.66. The molecule has 0 unspecified atom stereocenters. The lowest BCUT2D eigenvalue weighted by atomic mass is 10.1. The van der Waals surface area contributed by atoms with Crippen LogP contribution in [0.15, 0.2) is 60.7 Å². The Morgan fingerprint density at radius 2 is 1.60 bits per heavy atom. The van der Waals surface area contributed by atoms with Crippen LogP contribution >= 0.6 is 0 Å². The summed E-state index contributed by atoms with van der Waals surface area (Å²) in [6.45, 7) is 6.21. The van der Waals surface area contributed by atoms with Crippen LogP contribution in [0, 0.1) is 13.8 Å². The SMILES string of the molecule is CCn1c(C)cc(C(=O)OCC(=O)c2ccc(NC(=O)c3ccccc3)cc2)c1C. The molecule has 1 amide bonds. The zero-order chi connectivity index (χ0) is 21.7. The quantitative estimate of drug-likeness (QED) is 0.467. The molecule has 154 valence electrons. The number of nitrogens with zero attached hydrogens (tertiary/aromatic N) is 1. The fourth-order valence-electron chi connectivity index (χ4n) is 3.32. The molecule has 0 saturated carbocycles. The fourth-order valence-corrected chi connectivity index (χ4v) is 3.32. The highest BCUT2D eigenvalue weighted by atomic mass is 16.5. The number of esters is 1. The molecule has 6 nitrogen and oxygen atoms in total. The molecule has 0 atom stereocenters. The normalized spacial score (nSPS) is 10.5. The fraction of sp³-hybridized carbons (Fsp3) is 0.208. The topological polar surface area (TPSA) is 77.4 Å². The lowest BCUT2D eigenvalue weighted by Crippen LogP contribution is -2.15. The Morgan fingerprint density at radius 1 is 0.933 bits per heavy atom. The summed E-state index contributed by atoms with van der Waals surface area (Å²) < 4.78 is 7.23. The van der Waals surface area contributed by atoms with E-state index in [0.717, 1.165) is 17.9 Å². The van der Waals surface area contributed by atoms with Crippen LogP contribution < -0.4 is 5.32 Å². The number of carbonyl (C=O) groups is 3. The van der Waals surface area contributed by atoms with Crippen molar-refractivity contribution in [3.63, 3.8) is 0 Å². The zero-order valence-corrected chi connectivity index (χ0v) is 17.3. The van der Waals surface area contributed by atoms with Gasteiger partial charge in [-0.1, -0.05) is 18.2 Å². The summed E-state index contributed by atoms with van der Waals surface area (Å²) >= 11 is 0. The average Bonchev–Trinajstić information content (AvgIpc) is 3.06. The predicted octanol–water partition coefficient (Wildman–Crippen LogP) is 4.42. The monoisotopic (exact) mass is 404 g/mol. The molecule has 0 spiro atoms. The van der Waals surface area contributed by atoms with Gasteiger partial charge in [-0.25, -0.2) is 4.79 Å². The number of carbonyl (C=O) groups excluding carboxylic acids is 3. The first-order chi connectivity index (χ1) is 14.4. The lowest BCUT2D eigenvalue weighted by molar-refractivity contribution is 0.0474. The number of aromatic nitrogens is 1. The first kappa shape index (κ1) is 21.0. The van der Waals surface area contributed by atoms with Crippen molar-refractivity contribution in [2.75, 3.05) is 11.9 Å². The molecule has 0 aliphatic carbocycles. The lowest BCUT2D eigenvalue weighted by Gasteiger charge is -2.08. The Hall–Kier alpha value is -3.67. The van der Waals surface area contributed by atoms with Crippen molar-refractivity contribution >= 4 is 23.3 Å². The Balaban J connectivity index is 1.58. The van der Waals surface area contributed by atoms with Gasteiger partial charge in [0.1, 0.15) is 0 Å². The number of aryl methyl sites for hydroxylation is 1. The van der Waals surface area contributed by atoms with E-state index in [4.69, 9.17) is 4.74 Å². The van der Waals surface area contributed by atoms with E-state index in [9.17, 15) is 14.4 Å². The van der Waals surface area contributed by atoms with Crippen molar-refractivity contribution < 1.29 is 19.1 Å². The molecular formula is C24H24N2O4. The number of ether oxygens (including phenoxy) is 1. The van der Waals surface area contributed by atoms with Crippen molar-refractivity contribution in [1.82, 2.24) is 4.57 Å². The molecule has 1 N–H and O–H groups in total. The maximum absolute atomic E-state index is 12.4. The van der Waals surface area contributed by atoms with Gasteiger partial charge in [0.2, 0.25) is 0 Å². The smallest absolute Gasteiger partial charge is 0.340 e. The molecule has 0 radical (unpaired) electrons. The third-order valence-corrected chi connectivity index (χ3v) is 4.94. The Morgan fingerprint density at radius 3 is 2.20 bits per heavy atom. The van der Waals surface area contributed by atoms with Gasteiger partial charge in [0, 0.05) is 34.7 Å². The van der Waals surface area contributed by atoms with E-state index >= 15 is 0 Å². The number of benzene rings is 2. The molecule has 0 aliphatic heterocycles. The van der Waals surface area contributed by atoms with Crippen LogP contribution in [0.5, 0.6) is 0 Å². The number of anilines is 1. The van der Waals surface area contributed by atoms with E-state index in [1.807, 2.05) is 31.4 Å². The van der Waals surface area contributed by atoms with Crippen LogP contribution in [0.3, 0.4) is 0 Å². The van der Waals surface area contributed by atoms with Crippen LogP contribution in [0.2, 0.25) is 0 Å². The number of ketones is 1. The molecule has 6 heteroatoms. The maximum atomic E-state index is 12.4. The van der Waals surface area contributed by atoms with E-state index in [0.29, 0.717) is 22.4 Å². The van der Waals surface area contributed by atoms with Crippen molar-refractivity contribution in [3.8, 4) is 0 Å².